The molecule has 2 N–H and O–H groups in total. The molecule has 0 bridgehead atoms. The molecule has 0 saturated carbocycles. The van der Waals surface area contributed by atoms with Gasteiger partial charge in [-0.05, 0) is 41.7 Å². The van der Waals surface area contributed by atoms with Gasteiger partial charge in [-0.2, -0.15) is 0 Å². The van der Waals surface area contributed by atoms with E-state index in [0.29, 0.717) is 12.2 Å². The van der Waals surface area contributed by atoms with Gasteiger partial charge >= 0.3 is 11.9 Å². The predicted octanol–water partition coefficient (Wildman–Crippen LogP) is 3.83. The summed E-state index contributed by atoms with van der Waals surface area (Å²) in [7, 11) is 1.57. The van der Waals surface area contributed by atoms with E-state index in [0.717, 1.165) is 11.1 Å². The smallest absolute Gasteiger partial charge is 0.347 e. The molecule has 6 atom stereocenters. The van der Waals surface area contributed by atoms with E-state index >= 15 is 0 Å². The van der Waals surface area contributed by atoms with Crippen molar-refractivity contribution in [3.63, 3.8) is 0 Å². The minimum Gasteiger partial charge on any atom is -0.497 e. The van der Waals surface area contributed by atoms with Crippen LogP contribution in [0.5, 0.6) is 5.75 Å². The number of benzene rings is 2. The molecule has 2 amide bonds. The third-order valence-corrected chi connectivity index (χ3v) is 7.58. The molecule has 1 saturated heterocycles. The SMILES string of the molecule is COc1ccc(C[C@H]2NC(=O)/C=C/C[C@@H](C[C@H]3O[C@@H]3c3ccccc3)OC(=O)[C@H](CC(C)C)OC(=O)[C@H](C)CNC2=O)cc1. The molecule has 2 aliphatic rings. The fourth-order valence-corrected chi connectivity index (χ4v) is 5.04. The Morgan fingerprint density at radius 1 is 0.955 bits per heavy atom. The first kappa shape index (κ1) is 32.7. The number of amides is 2. The van der Waals surface area contributed by atoms with Crippen molar-refractivity contribution in [2.24, 2.45) is 11.8 Å². The number of epoxide rings is 1. The summed E-state index contributed by atoms with van der Waals surface area (Å²) >= 11 is 0. The van der Waals surface area contributed by atoms with E-state index in [-0.39, 0.29) is 43.9 Å². The summed E-state index contributed by atoms with van der Waals surface area (Å²) in [6.07, 6.45) is 2.11. The highest BCUT2D eigenvalue weighted by Gasteiger charge is 2.42. The molecule has 0 aromatic heterocycles. The van der Waals surface area contributed by atoms with Crippen molar-refractivity contribution < 1.29 is 38.1 Å². The van der Waals surface area contributed by atoms with Crippen molar-refractivity contribution in [2.75, 3.05) is 13.7 Å². The number of carbonyl (C=O) groups is 4. The average molecular weight is 607 g/mol. The fourth-order valence-electron chi connectivity index (χ4n) is 5.04. The first-order chi connectivity index (χ1) is 21.1. The summed E-state index contributed by atoms with van der Waals surface area (Å²) in [5, 5.41) is 5.51. The van der Waals surface area contributed by atoms with Gasteiger partial charge in [-0.15, -0.1) is 0 Å². The van der Waals surface area contributed by atoms with Crippen LogP contribution in [0.15, 0.2) is 66.7 Å². The molecule has 2 aromatic carbocycles. The molecular weight excluding hydrogens is 564 g/mol. The molecule has 44 heavy (non-hydrogen) atoms. The van der Waals surface area contributed by atoms with Gasteiger partial charge in [0.1, 0.15) is 24.0 Å². The molecule has 2 aromatic rings. The largest absolute Gasteiger partial charge is 0.497 e. The lowest BCUT2D eigenvalue weighted by atomic mass is 10.0. The Morgan fingerprint density at radius 2 is 1.68 bits per heavy atom. The normalized spacial score (nSPS) is 27.5. The van der Waals surface area contributed by atoms with Crippen molar-refractivity contribution in [3.05, 3.63) is 77.9 Å². The monoisotopic (exact) mass is 606 g/mol. The molecule has 2 aliphatic heterocycles. The Hall–Kier alpha value is -4.18. The lowest BCUT2D eigenvalue weighted by Crippen LogP contribution is -2.49. The van der Waals surface area contributed by atoms with E-state index in [2.05, 4.69) is 10.6 Å². The minimum atomic E-state index is -1.10. The highest BCUT2D eigenvalue weighted by atomic mass is 16.6. The maximum Gasteiger partial charge on any atom is 0.347 e. The Bertz CT molecular complexity index is 1310. The van der Waals surface area contributed by atoms with Crippen LogP contribution in [0.1, 0.15) is 57.3 Å². The zero-order valence-corrected chi connectivity index (χ0v) is 25.7. The van der Waals surface area contributed by atoms with Crippen LogP contribution in [0.25, 0.3) is 0 Å². The fraction of sp³-hybridized carbons (Fsp3) is 0.471. The molecule has 10 nitrogen and oxygen atoms in total. The molecule has 0 unspecified atom stereocenters. The first-order valence-corrected chi connectivity index (χ1v) is 15.1. The minimum absolute atomic E-state index is 0.0333. The van der Waals surface area contributed by atoms with Crippen LogP contribution in [0.2, 0.25) is 0 Å². The predicted molar refractivity (Wildman–Crippen MR) is 162 cm³/mol. The molecule has 10 heteroatoms. The second kappa shape index (κ2) is 15.5. The lowest BCUT2D eigenvalue weighted by molar-refractivity contribution is -0.174. The zero-order valence-electron chi connectivity index (χ0n) is 25.7. The summed E-state index contributed by atoms with van der Waals surface area (Å²) < 4.78 is 22.6. The number of hydrogen-bond donors (Lipinski definition) is 2. The third kappa shape index (κ3) is 9.67. The Balaban J connectivity index is 1.53. The van der Waals surface area contributed by atoms with Crippen LogP contribution >= 0.6 is 0 Å². The molecule has 4 rings (SSSR count). The van der Waals surface area contributed by atoms with Gasteiger partial charge in [0.2, 0.25) is 11.8 Å². The first-order valence-electron chi connectivity index (χ1n) is 15.1. The summed E-state index contributed by atoms with van der Waals surface area (Å²) in [6.45, 7) is 5.43. The van der Waals surface area contributed by atoms with Crippen LogP contribution in [0.4, 0.5) is 0 Å². The van der Waals surface area contributed by atoms with E-state index < -0.39 is 47.9 Å². The van der Waals surface area contributed by atoms with Crippen LogP contribution < -0.4 is 15.4 Å². The van der Waals surface area contributed by atoms with Crippen molar-refractivity contribution >= 4 is 23.8 Å². The molecule has 1 fully saturated rings. The van der Waals surface area contributed by atoms with E-state index in [4.69, 9.17) is 18.9 Å². The second-order valence-electron chi connectivity index (χ2n) is 11.8. The van der Waals surface area contributed by atoms with Gasteiger partial charge < -0.3 is 29.6 Å². The number of methoxy groups -OCH3 is 1. The topological polar surface area (TPSA) is 133 Å². The standard InChI is InChI=1S/C34H42N2O8/c1-21(2)17-29-34(40)42-26(19-28-31(43-28)24-9-6-5-7-10-24)11-8-12-30(37)36-27(18-23-13-15-25(41-4)16-14-23)32(38)35-20-22(3)33(39)44-29/h5-10,12-16,21-22,26-29,31H,11,17-20H2,1-4H3,(H,35,38)(H,36,37)/b12-8+/t22-,26+,27-,28-,29+,31-/m1/s1. The number of cyclic esters (lactones) is 2. The van der Waals surface area contributed by atoms with E-state index in [1.54, 1.807) is 32.2 Å². The molecular formula is C34H42N2O8. The average Bonchev–Trinajstić information content (AvgIpc) is 3.78. The van der Waals surface area contributed by atoms with Crippen LogP contribution in [0.3, 0.4) is 0 Å². The van der Waals surface area contributed by atoms with Gasteiger partial charge in [0.15, 0.2) is 6.10 Å². The lowest BCUT2D eigenvalue weighted by Gasteiger charge is -2.24. The van der Waals surface area contributed by atoms with Crippen LogP contribution in [0, 0.1) is 11.8 Å². The summed E-state index contributed by atoms with van der Waals surface area (Å²) in [4.78, 5) is 52.5. The Kier molecular flexibility index (Phi) is 11.5. The van der Waals surface area contributed by atoms with Crippen molar-refractivity contribution in [1.82, 2.24) is 10.6 Å². The van der Waals surface area contributed by atoms with Crippen LogP contribution in [-0.4, -0.2) is 61.8 Å². The molecule has 0 radical (unpaired) electrons. The third-order valence-electron chi connectivity index (χ3n) is 7.58. The van der Waals surface area contributed by atoms with Crippen LogP contribution in [-0.2, 0) is 39.8 Å². The van der Waals surface area contributed by atoms with Gasteiger partial charge in [0.25, 0.3) is 0 Å². The molecule has 236 valence electrons. The molecule has 0 aliphatic carbocycles. The highest BCUT2D eigenvalue weighted by Crippen LogP contribution is 2.42. The maximum atomic E-state index is 13.3. The summed E-state index contributed by atoms with van der Waals surface area (Å²) in [6, 6.07) is 16.1. The van der Waals surface area contributed by atoms with Crippen molar-refractivity contribution in [2.45, 2.75) is 76.9 Å². The van der Waals surface area contributed by atoms with Crippen molar-refractivity contribution in [3.8, 4) is 5.75 Å². The van der Waals surface area contributed by atoms with E-state index in [1.165, 1.54) is 6.08 Å². The summed E-state index contributed by atoms with van der Waals surface area (Å²) in [5.41, 5.74) is 1.85. The van der Waals surface area contributed by atoms with Gasteiger partial charge in [-0.25, -0.2) is 4.79 Å². The Morgan fingerprint density at radius 3 is 2.36 bits per heavy atom. The number of hydrogen-bond acceptors (Lipinski definition) is 8. The maximum absolute atomic E-state index is 13.3. The number of carbonyl (C=O) groups excluding carboxylic acids is 4. The number of esters is 2. The highest BCUT2D eigenvalue weighted by molar-refractivity contribution is 5.93. The van der Waals surface area contributed by atoms with Gasteiger partial charge in [-0.1, -0.05) is 69.3 Å². The van der Waals surface area contributed by atoms with E-state index in [1.807, 2.05) is 56.3 Å². The quantitative estimate of drug-likeness (QED) is 0.342. The number of nitrogens with one attached hydrogen (secondary N) is 2. The second-order valence-corrected chi connectivity index (χ2v) is 11.8. The Labute approximate surface area is 258 Å². The van der Waals surface area contributed by atoms with Crippen molar-refractivity contribution in [1.29, 1.82) is 0 Å². The van der Waals surface area contributed by atoms with Gasteiger partial charge in [-0.3, -0.25) is 14.4 Å². The van der Waals surface area contributed by atoms with Gasteiger partial charge in [0.05, 0.1) is 19.1 Å². The van der Waals surface area contributed by atoms with Gasteiger partial charge in [0, 0.05) is 25.8 Å². The van der Waals surface area contributed by atoms with E-state index in [9.17, 15) is 19.2 Å². The number of ether oxygens (including phenoxy) is 4. The zero-order chi connectivity index (χ0) is 31.6. The molecule has 0 spiro atoms. The molecule has 2 heterocycles. The number of rotatable bonds is 8. The summed E-state index contributed by atoms with van der Waals surface area (Å²) in [5.74, 6) is -2.19.